The summed E-state index contributed by atoms with van der Waals surface area (Å²) in [5.41, 5.74) is 5.55. The monoisotopic (exact) mass is 360 g/mol. The van der Waals surface area contributed by atoms with Gasteiger partial charge in [-0.2, -0.15) is 0 Å². The average molecular weight is 361 g/mol. The van der Waals surface area contributed by atoms with Crippen molar-refractivity contribution in [2.75, 3.05) is 0 Å². The molecule has 0 fully saturated rings. The van der Waals surface area contributed by atoms with Gasteiger partial charge in [-0.25, -0.2) is 13.6 Å². The largest absolute Gasteiger partial charge is 0.370 e. The molecule has 0 atom stereocenters. The fourth-order valence-corrected chi connectivity index (χ4v) is 3.34. The highest BCUT2D eigenvalue weighted by Crippen LogP contribution is 2.31. The highest BCUT2D eigenvalue weighted by Gasteiger charge is 2.19. The predicted octanol–water partition coefficient (Wildman–Crippen LogP) is 1.11. The van der Waals surface area contributed by atoms with Gasteiger partial charge in [0.15, 0.2) is 5.96 Å². The maximum Gasteiger partial charge on any atom is 0.257 e. The molecular formula is C12H13ClN4O3S2. The number of carbonyl (C=O) groups excluding carboxylic acids is 1. The fourth-order valence-electron chi connectivity index (χ4n) is 1.73. The summed E-state index contributed by atoms with van der Waals surface area (Å²) < 4.78 is 23.5. The molecule has 0 aliphatic carbocycles. The molecule has 0 bridgehead atoms. The zero-order valence-corrected chi connectivity index (χ0v) is 13.5. The van der Waals surface area contributed by atoms with E-state index in [2.05, 4.69) is 5.32 Å². The third-order valence-electron chi connectivity index (χ3n) is 2.59. The third-order valence-corrected chi connectivity index (χ3v) is 4.44. The van der Waals surface area contributed by atoms with Gasteiger partial charge in [-0.3, -0.25) is 15.5 Å². The van der Waals surface area contributed by atoms with E-state index in [4.69, 9.17) is 16.3 Å². The van der Waals surface area contributed by atoms with E-state index in [1.54, 1.807) is 17.5 Å². The minimum atomic E-state index is -4.00. The number of hydrogen-bond donors (Lipinski definition) is 4. The number of thiophene rings is 1. The number of nitrogens with one attached hydrogen (secondary N) is 2. The van der Waals surface area contributed by atoms with Crippen LogP contribution < -0.4 is 16.2 Å². The Morgan fingerprint density at radius 2 is 1.95 bits per heavy atom. The second kappa shape index (κ2) is 6.88. The summed E-state index contributed by atoms with van der Waals surface area (Å²) in [4.78, 5) is 12.3. The smallest absolute Gasteiger partial charge is 0.257 e. The molecule has 0 unspecified atom stereocenters. The molecule has 7 nitrogen and oxygen atoms in total. The minimum Gasteiger partial charge on any atom is -0.370 e. The molecule has 0 aliphatic rings. The fraction of sp³-hybridized carbons (Fsp3) is 0. The van der Waals surface area contributed by atoms with E-state index in [-0.39, 0.29) is 22.9 Å². The van der Waals surface area contributed by atoms with Gasteiger partial charge in [-0.15, -0.1) is 23.7 Å². The molecule has 0 saturated carbocycles. The van der Waals surface area contributed by atoms with Crippen LogP contribution in [-0.2, 0) is 10.0 Å². The highest BCUT2D eigenvalue weighted by atomic mass is 35.5. The number of nitrogens with two attached hydrogens (primary N) is 2. The lowest BCUT2D eigenvalue weighted by Crippen LogP contribution is -2.35. The Labute approximate surface area is 137 Å². The van der Waals surface area contributed by atoms with Crippen molar-refractivity contribution >= 4 is 45.6 Å². The molecule has 2 rings (SSSR count). The second-order valence-corrected chi connectivity index (χ2v) is 6.58. The molecule has 1 heterocycles. The molecule has 1 amide bonds. The van der Waals surface area contributed by atoms with Gasteiger partial charge in [0.05, 0.1) is 4.90 Å². The summed E-state index contributed by atoms with van der Waals surface area (Å²) >= 11 is 1.36. The Hall–Kier alpha value is -1.94. The molecule has 1 aromatic carbocycles. The Kier molecular flexibility index (Phi) is 5.66. The molecular weight excluding hydrogens is 348 g/mol. The number of hydrogen-bond acceptors (Lipinski definition) is 5. The molecule has 0 saturated heterocycles. The Balaban J connectivity index is 0.00000242. The van der Waals surface area contributed by atoms with Crippen molar-refractivity contribution in [1.29, 1.82) is 5.41 Å². The number of rotatable bonds is 3. The van der Waals surface area contributed by atoms with Gasteiger partial charge in [-0.1, -0.05) is 12.1 Å². The first-order valence-corrected chi connectivity index (χ1v) is 8.08. The SMILES string of the molecule is Cl.N=C(N)NC(=O)c1ccc(-c2cccs2)c(S(N)(=O)=O)c1. The summed E-state index contributed by atoms with van der Waals surface area (Å²) in [5, 5.41) is 16.1. The zero-order chi connectivity index (χ0) is 15.6. The number of benzene rings is 1. The maximum absolute atomic E-state index is 11.8. The van der Waals surface area contributed by atoms with Crippen LogP contribution in [0.25, 0.3) is 10.4 Å². The van der Waals surface area contributed by atoms with E-state index in [0.717, 1.165) is 4.88 Å². The van der Waals surface area contributed by atoms with Crippen LogP contribution in [0, 0.1) is 5.41 Å². The van der Waals surface area contributed by atoms with Gasteiger partial charge in [0.2, 0.25) is 10.0 Å². The second-order valence-electron chi connectivity index (χ2n) is 4.10. The average Bonchev–Trinajstić information content (AvgIpc) is 2.89. The third kappa shape index (κ3) is 4.04. The van der Waals surface area contributed by atoms with Gasteiger partial charge in [0.1, 0.15) is 0 Å². The van der Waals surface area contributed by atoms with Crippen LogP contribution in [-0.4, -0.2) is 20.3 Å². The van der Waals surface area contributed by atoms with Crippen LogP contribution in [0.5, 0.6) is 0 Å². The predicted molar refractivity (Wildman–Crippen MR) is 87.8 cm³/mol. The van der Waals surface area contributed by atoms with Crippen molar-refractivity contribution in [2.45, 2.75) is 4.90 Å². The Morgan fingerprint density at radius 1 is 1.27 bits per heavy atom. The van der Waals surface area contributed by atoms with Crippen LogP contribution in [0.2, 0.25) is 0 Å². The topological polar surface area (TPSA) is 139 Å². The standard InChI is InChI=1S/C12H12N4O3S2.ClH/c13-12(14)16-11(17)7-3-4-8(9-2-1-5-20-9)10(6-7)21(15,18)19;/h1-6H,(H2,15,18,19)(H4,13,14,16,17);1H. The molecule has 1 aromatic heterocycles. The number of amides is 1. The minimum absolute atomic E-state index is 0. The number of primary sulfonamides is 1. The first kappa shape index (κ1) is 18.1. The van der Waals surface area contributed by atoms with E-state index in [1.165, 1.54) is 29.5 Å². The summed E-state index contributed by atoms with van der Waals surface area (Å²) in [6.45, 7) is 0. The molecule has 6 N–H and O–H groups in total. The van der Waals surface area contributed by atoms with Crippen LogP contribution in [0.4, 0.5) is 0 Å². The summed E-state index contributed by atoms with van der Waals surface area (Å²) in [7, 11) is -4.00. The van der Waals surface area contributed by atoms with Crippen molar-refractivity contribution in [3.63, 3.8) is 0 Å². The molecule has 0 aliphatic heterocycles. The molecule has 118 valence electrons. The molecule has 0 radical (unpaired) electrons. The molecule has 22 heavy (non-hydrogen) atoms. The number of halogens is 1. The lowest BCUT2D eigenvalue weighted by atomic mass is 10.1. The maximum atomic E-state index is 11.8. The van der Waals surface area contributed by atoms with Crippen LogP contribution in [0.3, 0.4) is 0 Å². The van der Waals surface area contributed by atoms with Crippen molar-refractivity contribution < 1.29 is 13.2 Å². The number of sulfonamides is 1. The van der Waals surface area contributed by atoms with Crippen LogP contribution in [0.1, 0.15) is 10.4 Å². The van der Waals surface area contributed by atoms with Crippen molar-refractivity contribution in [1.82, 2.24) is 5.32 Å². The zero-order valence-electron chi connectivity index (χ0n) is 11.1. The Morgan fingerprint density at radius 3 is 2.45 bits per heavy atom. The van der Waals surface area contributed by atoms with E-state index in [9.17, 15) is 13.2 Å². The summed E-state index contributed by atoms with van der Waals surface area (Å²) in [6, 6.07) is 7.65. The van der Waals surface area contributed by atoms with Gasteiger partial charge < -0.3 is 5.73 Å². The van der Waals surface area contributed by atoms with Gasteiger partial charge in [0.25, 0.3) is 5.91 Å². The van der Waals surface area contributed by atoms with Crippen molar-refractivity contribution in [2.24, 2.45) is 10.9 Å². The summed E-state index contributed by atoms with van der Waals surface area (Å²) in [5.74, 6) is -1.20. The van der Waals surface area contributed by atoms with E-state index in [0.29, 0.717) is 5.56 Å². The van der Waals surface area contributed by atoms with Gasteiger partial charge in [0, 0.05) is 16.0 Å². The first-order chi connectivity index (χ1) is 9.79. The van der Waals surface area contributed by atoms with E-state index < -0.39 is 21.9 Å². The number of guanidine groups is 1. The normalized spacial score (nSPS) is 10.6. The van der Waals surface area contributed by atoms with Crippen LogP contribution in [0.15, 0.2) is 40.6 Å². The summed E-state index contributed by atoms with van der Waals surface area (Å²) in [6.07, 6.45) is 0. The molecule has 2 aromatic rings. The lowest BCUT2D eigenvalue weighted by molar-refractivity contribution is 0.0976. The van der Waals surface area contributed by atoms with Gasteiger partial charge in [-0.05, 0) is 23.6 Å². The van der Waals surface area contributed by atoms with Crippen molar-refractivity contribution in [3.8, 4) is 10.4 Å². The quantitative estimate of drug-likeness (QED) is 0.480. The van der Waals surface area contributed by atoms with Gasteiger partial charge >= 0.3 is 0 Å². The van der Waals surface area contributed by atoms with Crippen molar-refractivity contribution in [3.05, 3.63) is 41.3 Å². The van der Waals surface area contributed by atoms with E-state index >= 15 is 0 Å². The molecule has 10 heteroatoms. The number of carbonyl (C=O) groups is 1. The first-order valence-electron chi connectivity index (χ1n) is 5.65. The molecule has 0 spiro atoms. The lowest BCUT2D eigenvalue weighted by Gasteiger charge is -2.09. The van der Waals surface area contributed by atoms with Crippen LogP contribution >= 0.6 is 23.7 Å². The Bertz CT molecular complexity index is 804. The van der Waals surface area contributed by atoms with E-state index in [1.807, 2.05) is 0 Å². The highest BCUT2D eigenvalue weighted by molar-refractivity contribution is 7.89.